The Bertz CT molecular complexity index is 899. The topological polar surface area (TPSA) is 97.0 Å². The van der Waals surface area contributed by atoms with Crippen LogP contribution < -0.4 is 5.32 Å². The number of nitrogens with zero attached hydrogens (tertiary/aromatic N) is 5. The Balaban J connectivity index is 1.33. The van der Waals surface area contributed by atoms with Gasteiger partial charge in [0.15, 0.2) is 0 Å². The molecule has 144 valence electrons. The molecule has 0 aromatic carbocycles. The third-order valence-electron chi connectivity index (χ3n) is 4.77. The van der Waals surface area contributed by atoms with Gasteiger partial charge in [-0.15, -0.1) is 0 Å². The molecule has 4 heterocycles. The van der Waals surface area contributed by atoms with E-state index in [0.29, 0.717) is 30.4 Å². The summed E-state index contributed by atoms with van der Waals surface area (Å²) in [7, 11) is 0. The maximum Gasteiger partial charge on any atom is 0.317 e. The minimum absolute atomic E-state index is 0.0223. The van der Waals surface area contributed by atoms with Crippen LogP contribution in [0.15, 0.2) is 53.3 Å². The number of likely N-dealkylation sites (tertiary alicyclic amines) is 1. The number of amides is 2. The van der Waals surface area contributed by atoms with E-state index in [4.69, 9.17) is 4.52 Å². The number of hydrogen-bond donors (Lipinski definition) is 1. The highest BCUT2D eigenvalue weighted by Gasteiger charge is 2.28. The monoisotopic (exact) mass is 378 g/mol. The number of nitrogens with one attached hydrogen (secondary N) is 1. The lowest BCUT2D eigenvalue weighted by Gasteiger charge is -2.35. The van der Waals surface area contributed by atoms with Crippen molar-refractivity contribution in [3.8, 4) is 11.5 Å². The number of carbonyl (C=O) groups excluding carboxylic acids is 1. The minimum atomic E-state index is -0.0835. The van der Waals surface area contributed by atoms with Gasteiger partial charge in [0, 0.05) is 31.9 Å². The lowest BCUT2D eigenvalue weighted by Crippen LogP contribution is -2.45. The van der Waals surface area contributed by atoms with Crippen molar-refractivity contribution in [2.24, 2.45) is 0 Å². The van der Waals surface area contributed by atoms with Gasteiger partial charge in [-0.2, -0.15) is 4.98 Å². The van der Waals surface area contributed by atoms with E-state index in [-0.39, 0.29) is 12.1 Å². The second kappa shape index (κ2) is 8.60. The number of urea groups is 1. The highest BCUT2D eigenvalue weighted by molar-refractivity contribution is 5.74. The molecule has 0 aliphatic carbocycles. The zero-order valence-corrected chi connectivity index (χ0v) is 15.5. The lowest BCUT2D eigenvalue weighted by molar-refractivity contribution is 0.149. The van der Waals surface area contributed by atoms with Gasteiger partial charge < -0.3 is 14.7 Å². The summed E-state index contributed by atoms with van der Waals surface area (Å²) in [4.78, 5) is 27.6. The van der Waals surface area contributed by atoms with Crippen LogP contribution in [0.3, 0.4) is 0 Å². The minimum Gasteiger partial charge on any atom is -0.339 e. The van der Waals surface area contributed by atoms with Crippen molar-refractivity contribution < 1.29 is 9.32 Å². The van der Waals surface area contributed by atoms with Gasteiger partial charge in [-0.25, -0.2) is 4.79 Å². The summed E-state index contributed by atoms with van der Waals surface area (Å²) in [6.45, 7) is 1.16. The highest BCUT2D eigenvalue weighted by Crippen LogP contribution is 2.29. The predicted molar refractivity (Wildman–Crippen MR) is 102 cm³/mol. The number of carbonyl (C=O) groups is 1. The molecule has 1 N–H and O–H groups in total. The van der Waals surface area contributed by atoms with Crippen LogP contribution in [0, 0.1) is 0 Å². The summed E-state index contributed by atoms with van der Waals surface area (Å²) in [5.41, 5.74) is 1.60. The van der Waals surface area contributed by atoms with Crippen LogP contribution in [0.25, 0.3) is 11.5 Å². The Morgan fingerprint density at radius 3 is 2.79 bits per heavy atom. The van der Waals surface area contributed by atoms with Crippen molar-refractivity contribution in [1.82, 2.24) is 30.3 Å². The predicted octanol–water partition coefficient (Wildman–Crippen LogP) is 3.01. The maximum atomic E-state index is 12.7. The van der Waals surface area contributed by atoms with Crippen molar-refractivity contribution >= 4 is 6.03 Å². The standard InChI is InChI=1S/C20H22N6O2/c27-20(26-14-6-3-9-17(26)15-7-1-4-11-21-15)23-13-10-18-24-19(25-28-18)16-8-2-5-12-22-16/h1-2,4-5,7-8,11-12,17H,3,6,9-10,13-14H2,(H,23,27). The van der Waals surface area contributed by atoms with E-state index in [2.05, 4.69) is 25.4 Å². The Morgan fingerprint density at radius 1 is 1.14 bits per heavy atom. The second-order valence-corrected chi connectivity index (χ2v) is 6.67. The first kappa shape index (κ1) is 18.1. The average Bonchev–Trinajstić information content (AvgIpc) is 3.24. The highest BCUT2D eigenvalue weighted by atomic mass is 16.5. The van der Waals surface area contributed by atoms with Crippen molar-refractivity contribution in [3.63, 3.8) is 0 Å². The van der Waals surface area contributed by atoms with Gasteiger partial charge in [0.25, 0.3) is 0 Å². The van der Waals surface area contributed by atoms with Crippen molar-refractivity contribution in [2.45, 2.75) is 31.7 Å². The molecule has 1 aliphatic heterocycles. The van der Waals surface area contributed by atoms with Gasteiger partial charge in [0.1, 0.15) is 5.69 Å². The zero-order chi connectivity index (χ0) is 19.2. The largest absolute Gasteiger partial charge is 0.339 e. The van der Waals surface area contributed by atoms with E-state index in [0.717, 1.165) is 31.5 Å². The first-order chi connectivity index (χ1) is 13.8. The number of aromatic nitrogens is 4. The number of pyridine rings is 2. The Morgan fingerprint density at radius 2 is 2.00 bits per heavy atom. The number of hydrogen-bond acceptors (Lipinski definition) is 6. The molecular formula is C20H22N6O2. The molecule has 0 radical (unpaired) electrons. The third-order valence-corrected chi connectivity index (χ3v) is 4.77. The molecule has 0 bridgehead atoms. The van der Waals surface area contributed by atoms with E-state index in [1.54, 1.807) is 12.4 Å². The molecule has 2 amide bonds. The molecule has 3 aromatic heterocycles. The van der Waals surface area contributed by atoms with Crippen molar-refractivity contribution in [1.29, 1.82) is 0 Å². The molecule has 8 heteroatoms. The van der Waals surface area contributed by atoms with Gasteiger partial charge >= 0.3 is 6.03 Å². The summed E-state index contributed by atoms with van der Waals surface area (Å²) in [6, 6.07) is 11.3. The summed E-state index contributed by atoms with van der Waals surface area (Å²) in [6.07, 6.45) is 6.96. The average molecular weight is 378 g/mol. The van der Waals surface area contributed by atoms with Gasteiger partial charge in [-0.3, -0.25) is 9.97 Å². The number of rotatable bonds is 5. The molecule has 28 heavy (non-hydrogen) atoms. The Hall–Kier alpha value is -3.29. The molecular weight excluding hydrogens is 356 g/mol. The quantitative estimate of drug-likeness (QED) is 0.733. The number of piperidine rings is 1. The zero-order valence-electron chi connectivity index (χ0n) is 15.5. The lowest BCUT2D eigenvalue weighted by atomic mass is 9.99. The fourth-order valence-electron chi connectivity index (χ4n) is 3.39. The first-order valence-electron chi connectivity index (χ1n) is 9.50. The van der Waals surface area contributed by atoms with Crippen LogP contribution in [-0.4, -0.2) is 44.1 Å². The van der Waals surface area contributed by atoms with Gasteiger partial charge in [-0.05, 0) is 43.5 Å². The van der Waals surface area contributed by atoms with E-state index in [1.807, 2.05) is 41.3 Å². The summed E-state index contributed by atoms with van der Waals surface area (Å²) in [5, 5.41) is 6.91. The van der Waals surface area contributed by atoms with Crippen molar-refractivity contribution in [2.75, 3.05) is 13.1 Å². The van der Waals surface area contributed by atoms with Gasteiger partial charge in [0.05, 0.1) is 11.7 Å². The molecule has 1 aliphatic rings. The Kier molecular flexibility index (Phi) is 5.56. The molecule has 3 aromatic rings. The fourth-order valence-corrected chi connectivity index (χ4v) is 3.39. The van der Waals surface area contributed by atoms with E-state index in [1.165, 1.54) is 0 Å². The van der Waals surface area contributed by atoms with Crippen LogP contribution in [0.4, 0.5) is 4.79 Å². The van der Waals surface area contributed by atoms with E-state index in [9.17, 15) is 4.79 Å². The maximum absolute atomic E-state index is 12.7. The SMILES string of the molecule is O=C(NCCc1nc(-c2ccccn2)no1)N1CCCCC1c1ccccn1. The Labute approximate surface area is 163 Å². The van der Waals surface area contributed by atoms with Crippen LogP contribution in [-0.2, 0) is 6.42 Å². The van der Waals surface area contributed by atoms with E-state index < -0.39 is 0 Å². The molecule has 0 spiro atoms. The van der Waals surface area contributed by atoms with Gasteiger partial charge in [0.2, 0.25) is 11.7 Å². The smallest absolute Gasteiger partial charge is 0.317 e. The molecule has 4 rings (SSSR count). The fraction of sp³-hybridized carbons (Fsp3) is 0.350. The molecule has 1 atom stereocenters. The molecule has 1 unspecified atom stereocenters. The second-order valence-electron chi connectivity index (χ2n) is 6.67. The third kappa shape index (κ3) is 4.16. The molecule has 1 saturated heterocycles. The van der Waals surface area contributed by atoms with E-state index >= 15 is 0 Å². The van der Waals surface area contributed by atoms with Gasteiger partial charge in [-0.1, -0.05) is 17.3 Å². The normalized spacial score (nSPS) is 16.7. The van der Waals surface area contributed by atoms with Crippen LogP contribution in [0.1, 0.15) is 36.9 Å². The summed E-state index contributed by atoms with van der Waals surface area (Å²) < 4.78 is 5.26. The van der Waals surface area contributed by atoms with Crippen LogP contribution >= 0.6 is 0 Å². The van der Waals surface area contributed by atoms with Crippen LogP contribution in [0.2, 0.25) is 0 Å². The molecule has 1 fully saturated rings. The summed E-state index contributed by atoms with van der Waals surface area (Å²) >= 11 is 0. The van der Waals surface area contributed by atoms with Crippen molar-refractivity contribution in [3.05, 3.63) is 60.4 Å². The van der Waals surface area contributed by atoms with Crippen LogP contribution in [0.5, 0.6) is 0 Å². The first-order valence-corrected chi connectivity index (χ1v) is 9.50. The summed E-state index contributed by atoms with van der Waals surface area (Å²) in [5.74, 6) is 0.925. The molecule has 0 saturated carbocycles. The molecule has 8 nitrogen and oxygen atoms in total.